The number of halogens is 1. The Morgan fingerprint density at radius 2 is 1.72 bits per heavy atom. The van der Waals surface area contributed by atoms with Crippen LogP contribution >= 0.6 is 24.0 Å². The standard InChI is InChI=1S/C25H34N4O2.HI/c1-3-27-25(29-15-13-20(14-16-29)17-24(30)26-2)28-18-21-9-7-8-10-22(21)19-31-23-11-5-4-6-12-23;/h4-12,20H,3,13-19H2,1-2H3,(H,26,30)(H,27,28);1H. The van der Waals surface area contributed by atoms with Crippen LogP contribution in [0.4, 0.5) is 0 Å². The third-order valence-corrected chi connectivity index (χ3v) is 5.66. The van der Waals surface area contributed by atoms with E-state index in [0.717, 1.165) is 49.7 Å². The summed E-state index contributed by atoms with van der Waals surface area (Å²) < 4.78 is 5.95. The van der Waals surface area contributed by atoms with E-state index >= 15 is 0 Å². The number of piperidine rings is 1. The van der Waals surface area contributed by atoms with E-state index in [2.05, 4.69) is 34.6 Å². The van der Waals surface area contributed by atoms with Crippen LogP contribution in [0.25, 0.3) is 0 Å². The lowest BCUT2D eigenvalue weighted by molar-refractivity contribution is -0.121. The number of carbonyl (C=O) groups is 1. The fourth-order valence-electron chi connectivity index (χ4n) is 3.83. The van der Waals surface area contributed by atoms with Crippen LogP contribution in [0.5, 0.6) is 5.75 Å². The number of hydrogen-bond donors (Lipinski definition) is 2. The first-order valence-electron chi connectivity index (χ1n) is 11.2. The molecule has 0 aromatic heterocycles. The second-order valence-corrected chi connectivity index (χ2v) is 7.85. The van der Waals surface area contributed by atoms with Gasteiger partial charge in [-0.05, 0) is 48.9 Å². The number of ether oxygens (including phenoxy) is 1. The summed E-state index contributed by atoms with van der Waals surface area (Å²) in [4.78, 5) is 18.9. The van der Waals surface area contributed by atoms with Gasteiger partial charge in [-0.1, -0.05) is 42.5 Å². The molecule has 1 saturated heterocycles. The second-order valence-electron chi connectivity index (χ2n) is 7.85. The van der Waals surface area contributed by atoms with Gasteiger partial charge in [0.15, 0.2) is 5.96 Å². The summed E-state index contributed by atoms with van der Waals surface area (Å²) in [6.07, 6.45) is 2.64. The number of guanidine groups is 1. The van der Waals surface area contributed by atoms with Crippen molar-refractivity contribution in [2.24, 2.45) is 10.9 Å². The zero-order valence-electron chi connectivity index (χ0n) is 19.0. The molecule has 0 unspecified atom stereocenters. The molecule has 32 heavy (non-hydrogen) atoms. The molecule has 2 aromatic carbocycles. The molecule has 3 rings (SSSR count). The Morgan fingerprint density at radius 1 is 1.06 bits per heavy atom. The van der Waals surface area contributed by atoms with Gasteiger partial charge in [-0.2, -0.15) is 0 Å². The monoisotopic (exact) mass is 550 g/mol. The van der Waals surface area contributed by atoms with Gasteiger partial charge in [-0.3, -0.25) is 4.79 Å². The minimum Gasteiger partial charge on any atom is -0.489 e. The Bertz CT molecular complexity index is 852. The number of para-hydroxylation sites is 1. The molecule has 7 heteroatoms. The van der Waals surface area contributed by atoms with Crippen LogP contribution in [0.1, 0.15) is 37.3 Å². The molecule has 6 nitrogen and oxygen atoms in total. The second kappa shape index (κ2) is 14.0. The van der Waals surface area contributed by atoms with E-state index in [1.54, 1.807) is 7.05 Å². The van der Waals surface area contributed by atoms with Gasteiger partial charge < -0.3 is 20.3 Å². The number of nitrogens with zero attached hydrogens (tertiary/aromatic N) is 2. The Balaban J connectivity index is 0.00000363. The molecule has 0 aliphatic carbocycles. The van der Waals surface area contributed by atoms with Gasteiger partial charge >= 0.3 is 0 Å². The van der Waals surface area contributed by atoms with Crippen LogP contribution < -0.4 is 15.4 Å². The third kappa shape index (κ3) is 8.00. The number of rotatable bonds is 8. The van der Waals surface area contributed by atoms with Gasteiger partial charge in [0.05, 0.1) is 6.54 Å². The van der Waals surface area contributed by atoms with E-state index in [9.17, 15) is 4.79 Å². The summed E-state index contributed by atoms with van der Waals surface area (Å²) in [6, 6.07) is 18.2. The topological polar surface area (TPSA) is 66.0 Å². The van der Waals surface area contributed by atoms with Crippen molar-refractivity contribution in [1.82, 2.24) is 15.5 Å². The first-order valence-corrected chi connectivity index (χ1v) is 11.2. The fraction of sp³-hybridized carbons (Fsp3) is 0.440. The lowest BCUT2D eigenvalue weighted by atomic mass is 9.93. The highest BCUT2D eigenvalue weighted by Gasteiger charge is 2.23. The first kappa shape index (κ1) is 26.0. The van der Waals surface area contributed by atoms with Gasteiger partial charge in [0.2, 0.25) is 5.91 Å². The number of likely N-dealkylation sites (tertiary alicyclic amines) is 1. The van der Waals surface area contributed by atoms with Gasteiger partial charge in [-0.25, -0.2) is 4.99 Å². The molecule has 2 N–H and O–H groups in total. The zero-order chi connectivity index (χ0) is 21.9. The predicted octanol–water partition coefficient (Wildman–Crippen LogP) is 4.20. The van der Waals surface area contributed by atoms with Gasteiger partial charge in [0, 0.05) is 33.1 Å². The van der Waals surface area contributed by atoms with Gasteiger partial charge in [-0.15, -0.1) is 24.0 Å². The summed E-state index contributed by atoms with van der Waals surface area (Å²) in [5.41, 5.74) is 2.32. The third-order valence-electron chi connectivity index (χ3n) is 5.66. The summed E-state index contributed by atoms with van der Waals surface area (Å²) in [6.45, 7) is 5.90. The predicted molar refractivity (Wildman–Crippen MR) is 140 cm³/mol. The summed E-state index contributed by atoms with van der Waals surface area (Å²) in [7, 11) is 1.70. The smallest absolute Gasteiger partial charge is 0.220 e. The number of benzene rings is 2. The van der Waals surface area contributed by atoms with Crippen LogP contribution in [0, 0.1) is 5.92 Å². The van der Waals surface area contributed by atoms with E-state index < -0.39 is 0 Å². The molecule has 1 aliphatic heterocycles. The number of nitrogens with one attached hydrogen (secondary N) is 2. The number of aliphatic imine (C=N–C) groups is 1. The van der Waals surface area contributed by atoms with Crippen LogP contribution in [0.3, 0.4) is 0 Å². The molecule has 1 amide bonds. The fourth-order valence-corrected chi connectivity index (χ4v) is 3.83. The van der Waals surface area contributed by atoms with Crippen LogP contribution in [0.15, 0.2) is 59.6 Å². The quantitative estimate of drug-likeness (QED) is 0.294. The van der Waals surface area contributed by atoms with E-state index in [4.69, 9.17) is 9.73 Å². The Labute approximate surface area is 208 Å². The summed E-state index contributed by atoms with van der Waals surface area (Å²) in [5, 5.41) is 6.16. The molecule has 0 radical (unpaired) electrons. The van der Waals surface area contributed by atoms with Crippen LogP contribution in [0.2, 0.25) is 0 Å². The van der Waals surface area contributed by atoms with Crippen molar-refractivity contribution >= 4 is 35.8 Å². The minimum atomic E-state index is 0. The number of hydrogen-bond acceptors (Lipinski definition) is 3. The van der Waals surface area contributed by atoms with Crippen molar-refractivity contribution in [1.29, 1.82) is 0 Å². The van der Waals surface area contributed by atoms with Crippen LogP contribution in [-0.4, -0.2) is 43.4 Å². The number of amides is 1. The maximum atomic E-state index is 11.7. The molecule has 1 aliphatic rings. The molecule has 0 spiro atoms. The van der Waals surface area contributed by atoms with Crippen molar-refractivity contribution in [2.75, 3.05) is 26.7 Å². The first-order chi connectivity index (χ1) is 15.2. The highest BCUT2D eigenvalue weighted by molar-refractivity contribution is 14.0. The molecule has 0 saturated carbocycles. The maximum absolute atomic E-state index is 11.7. The van der Waals surface area contributed by atoms with Crippen molar-refractivity contribution in [3.05, 3.63) is 65.7 Å². The van der Waals surface area contributed by atoms with E-state index in [1.165, 1.54) is 5.56 Å². The highest BCUT2D eigenvalue weighted by Crippen LogP contribution is 2.21. The molecule has 0 atom stereocenters. The molecule has 174 valence electrons. The zero-order valence-corrected chi connectivity index (χ0v) is 21.4. The lowest BCUT2D eigenvalue weighted by Gasteiger charge is -2.34. The van der Waals surface area contributed by atoms with E-state index in [0.29, 0.717) is 25.5 Å². The molecular weight excluding hydrogens is 515 g/mol. The Kier molecular flexibility index (Phi) is 11.3. The normalized spacial score (nSPS) is 14.4. The van der Waals surface area contributed by atoms with Crippen molar-refractivity contribution < 1.29 is 9.53 Å². The van der Waals surface area contributed by atoms with Crippen molar-refractivity contribution in [3.8, 4) is 5.75 Å². The lowest BCUT2D eigenvalue weighted by Crippen LogP contribution is -2.46. The van der Waals surface area contributed by atoms with Crippen molar-refractivity contribution in [2.45, 2.75) is 39.3 Å². The van der Waals surface area contributed by atoms with E-state index in [-0.39, 0.29) is 29.9 Å². The molecular formula is C25H35IN4O2. The molecule has 1 fully saturated rings. The molecule has 0 bridgehead atoms. The number of carbonyl (C=O) groups excluding carboxylic acids is 1. The maximum Gasteiger partial charge on any atom is 0.220 e. The van der Waals surface area contributed by atoms with Gasteiger partial charge in [0.1, 0.15) is 12.4 Å². The van der Waals surface area contributed by atoms with E-state index in [1.807, 2.05) is 42.5 Å². The average Bonchev–Trinajstić information content (AvgIpc) is 2.82. The van der Waals surface area contributed by atoms with Crippen LogP contribution in [-0.2, 0) is 17.9 Å². The largest absolute Gasteiger partial charge is 0.489 e. The summed E-state index contributed by atoms with van der Waals surface area (Å²) in [5.74, 6) is 2.40. The SMILES string of the molecule is CCNC(=NCc1ccccc1COc1ccccc1)N1CCC(CC(=O)NC)CC1.I. The van der Waals surface area contributed by atoms with Crippen molar-refractivity contribution in [3.63, 3.8) is 0 Å². The average molecular weight is 550 g/mol. The Morgan fingerprint density at radius 3 is 2.38 bits per heavy atom. The highest BCUT2D eigenvalue weighted by atomic mass is 127. The molecule has 2 aromatic rings. The molecule has 1 heterocycles. The van der Waals surface area contributed by atoms with Gasteiger partial charge in [0.25, 0.3) is 0 Å². The summed E-state index contributed by atoms with van der Waals surface area (Å²) >= 11 is 0. The Hall–Kier alpha value is -2.29. The minimum absolute atomic E-state index is 0.